The lowest BCUT2D eigenvalue weighted by molar-refractivity contribution is 0.0916. The second-order valence-corrected chi connectivity index (χ2v) is 8.42. The fourth-order valence-electron chi connectivity index (χ4n) is 2.78. The third-order valence-corrected chi connectivity index (χ3v) is 6.14. The van der Waals surface area contributed by atoms with Crippen molar-refractivity contribution in [3.63, 3.8) is 0 Å². The van der Waals surface area contributed by atoms with Crippen LogP contribution >= 0.6 is 0 Å². The van der Waals surface area contributed by atoms with Gasteiger partial charge in [0, 0.05) is 36.6 Å². The second-order valence-electron chi connectivity index (χ2n) is 6.71. The van der Waals surface area contributed by atoms with Crippen LogP contribution in [0.15, 0.2) is 47.6 Å². The third-order valence-electron chi connectivity index (χ3n) is 4.55. The van der Waals surface area contributed by atoms with E-state index in [-0.39, 0.29) is 22.9 Å². The smallest absolute Gasteiger partial charge is 0.251 e. The van der Waals surface area contributed by atoms with Crippen LogP contribution < -0.4 is 10.0 Å². The average Bonchev–Trinajstić information content (AvgIpc) is 3.09. The van der Waals surface area contributed by atoms with Gasteiger partial charge in [-0.25, -0.2) is 13.1 Å². The number of nitrogens with one attached hydrogen (secondary N) is 2. The Morgan fingerprint density at radius 3 is 2.81 bits per heavy atom. The van der Waals surface area contributed by atoms with Gasteiger partial charge in [-0.15, -0.1) is 0 Å². The standard InChI is InChI=1S/C18H24N4O3S/c1-14(9-12-22-11-4-10-19-22)21-26(24,25)17-8-2-5-15(13-17)18(23)20-16-6-3-7-16/h2,4-5,8,10-11,13-14,16,21H,3,6-7,9,12H2,1H3,(H,20,23). The Labute approximate surface area is 153 Å². The van der Waals surface area contributed by atoms with E-state index in [1.165, 1.54) is 12.1 Å². The maximum absolute atomic E-state index is 12.6. The van der Waals surface area contributed by atoms with Gasteiger partial charge in [0.15, 0.2) is 0 Å². The summed E-state index contributed by atoms with van der Waals surface area (Å²) in [6, 6.07) is 7.95. The minimum Gasteiger partial charge on any atom is -0.349 e. The number of nitrogens with zero attached hydrogens (tertiary/aromatic N) is 2. The molecule has 0 spiro atoms. The molecular formula is C18H24N4O3S. The number of carbonyl (C=O) groups excluding carboxylic acids is 1. The zero-order chi connectivity index (χ0) is 18.6. The van der Waals surface area contributed by atoms with Crippen LogP contribution in [0.5, 0.6) is 0 Å². The predicted molar refractivity (Wildman–Crippen MR) is 98.2 cm³/mol. The Kier molecular flexibility index (Phi) is 5.73. The van der Waals surface area contributed by atoms with Crippen molar-refractivity contribution >= 4 is 15.9 Å². The summed E-state index contributed by atoms with van der Waals surface area (Å²) in [4.78, 5) is 12.3. The molecule has 0 saturated heterocycles. The van der Waals surface area contributed by atoms with Gasteiger partial charge >= 0.3 is 0 Å². The molecule has 1 heterocycles. The van der Waals surface area contributed by atoms with Gasteiger partial charge < -0.3 is 5.32 Å². The highest BCUT2D eigenvalue weighted by molar-refractivity contribution is 7.89. The van der Waals surface area contributed by atoms with Gasteiger partial charge in [-0.05, 0) is 56.9 Å². The van der Waals surface area contributed by atoms with E-state index in [1.54, 1.807) is 23.0 Å². The molecule has 2 N–H and O–H groups in total. The van der Waals surface area contributed by atoms with Crippen LogP contribution in [0.2, 0.25) is 0 Å². The lowest BCUT2D eigenvalue weighted by atomic mass is 9.93. The van der Waals surface area contributed by atoms with E-state index in [0.717, 1.165) is 19.3 Å². The minimum atomic E-state index is -3.69. The molecule has 1 saturated carbocycles. The first kappa shape index (κ1) is 18.6. The molecule has 1 unspecified atom stereocenters. The maximum atomic E-state index is 12.6. The number of carbonyl (C=O) groups is 1. The molecule has 7 nitrogen and oxygen atoms in total. The van der Waals surface area contributed by atoms with Crippen LogP contribution in [-0.4, -0.2) is 36.2 Å². The number of hydrogen-bond donors (Lipinski definition) is 2. The second kappa shape index (κ2) is 8.01. The van der Waals surface area contributed by atoms with Crippen molar-refractivity contribution in [1.82, 2.24) is 19.8 Å². The highest BCUT2D eigenvalue weighted by Gasteiger charge is 2.22. The molecule has 3 rings (SSSR count). The summed E-state index contributed by atoms with van der Waals surface area (Å²) in [6.45, 7) is 2.44. The minimum absolute atomic E-state index is 0.102. The molecule has 1 aliphatic carbocycles. The van der Waals surface area contributed by atoms with Crippen LogP contribution in [0.1, 0.15) is 43.0 Å². The van der Waals surface area contributed by atoms with Gasteiger partial charge in [-0.3, -0.25) is 9.48 Å². The van der Waals surface area contributed by atoms with Gasteiger partial charge in [0.05, 0.1) is 4.90 Å². The highest BCUT2D eigenvalue weighted by atomic mass is 32.2. The normalized spacial score (nSPS) is 16.0. The summed E-state index contributed by atoms with van der Waals surface area (Å²) in [5.74, 6) is -0.224. The first-order valence-electron chi connectivity index (χ1n) is 8.85. The van der Waals surface area contributed by atoms with E-state index in [1.807, 2.05) is 19.2 Å². The summed E-state index contributed by atoms with van der Waals surface area (Å²) in [6.07, 6.45) is 7.24. The Hall–Kier alpha value is -2.19. The van der Waals surface area contributed by atoms with E-state index in [0.29, 0.717) is 18.5 Å². The van der Waals surface area contributed by atoms with E-state index in [9.17, 15) is 13.2 Å². The van der Waals surface area contributed by atoms with Crippen molar-refractivity contribution in [2.45, 2.75) is 56.1 Å². The Bertz CT molecular complexity index is 845. The SMILES string of the molecule is CC(CCn1cccn1)NS(=O)(=O)c1cccc(C(=O)NC2CCC2)c1. The predicted octanol–water partition coefficient (Wildman–Crippen LogP) is 1.92. The first-order chi connectivity index (χ1) is 12.4. The van der Waals surface area contributed by atoms with Crippen molar-refractivity contribution < 1.29 is 13.2 Å². The number of benzene rings is 1. The monoisotopic (exact) mass is 376 g/mol. The molecule has 1 aromatic heterocycles. The van der Waals surface area contributed by atoms with E-state index < -0.39 is 10.0 Å². The molecule has 8 heteroatoms. The molecule has 1 aliphatic rings. The summed E-state index contributed by atoms with van der Waals surface area (Å²) < 4.78 is 29.6. The molecule has 1 atom stereocenters. The summed E-state index contributed by atoms with van der Waals surface area (Å²) in [5.41, 5.74) is 0.365. The lowest BCUT2D eigenvalue weighted by Crippen LogP contribution is -2.39. The summed E-state index contributed by atoms with van der Waals surface area (Å²) in [5, 5.41) is 7.03. The maximum Gasteiger partial charge on any atom is 0.251 e. The Balaban J connectivity index is 1.62. The number of sulfonamides is 1. The quantitative estimate of drug-likeness (QED) is 0.736. The molecule has 1 amide bonds. The Morgan fingerprint density at radius 2 is 2.15 bits per heavy atom. The fourth-order valence-corrected chi connectivity index (χ4v) is 4.10. The van der Waals surface area contributed by atoms with Crippen molar-refractivity contribution in [2.75, 3.05) is 0 Å². The average molecular weight is 376 g/mol. The zero-order valence-corrected chi connectivity index (χ0v) is 15.6. The van der Waals surface area contributed by atoms with Crippen molar-refractivity contribution in [3.05, 3.63) is 48.3 Å². The fraction of sp³-hybridized carbons (Fsp3) is 0.444. The van der Waals surface area contributed by atoms with Crippen LogP contribution in [0.25, 0.3) is 0 Å². The van der Waals surface area contributed by atoms with Gasteiger partial charge in [0.1, 0.15) is 0 Å². The number of amides is 1. The zero-order valence-electron chi connectivity index (χ0n) is 14.8. The first-order valence-corrected chi connectivity index (χ1v) is 10.3. The number of aromatic nitrogens is 2. The number of aryl methyl sites for hydroxylation is 1. The molecule has 2 aromatic rings. The summed E-state index contributed by atoms with van der Waals surface area (Å²) in [7, 11) is -3.69. The van der Waals surface area contributed by atoms with Gasteiger partial charge in [-0.2, -0.15) is 5.10 Å². The van der Waals surface area contributed by atoms with Crippen LogP contribution in [-0.2, 0) is 16.6 Å². The lowest BCUT2D eigenvalue weighted by Gasteiger charge is -2.26. The molecule has 140 valence electrons. The molecule has 0 aliphatic heterocycles. The van der Waals surface area contributed by atoms with E-state index in [2.05, 4.69) is 15.1 Å². The van der Waals surface area contributed by atoms with Gasteiger partial charge in [-0.1, -0.05) is 6.07 Å². The molecule has 1 aromatic carbocycles. The van der Waals surface area contributed by atoms with Gasteiger partial charge in [0.2, 0.25) is 10.0 Å². The number of rotatable bonds is 8. The van der Waals surface area contributed by atoms with Crippen LogP contribution in [0.3, 0.4) is 0 Å². The Morgan fingerprint density at radius 1 is 1.35 bits per heavy atom. The third kappa shape index (κ3) is 4.70. The van der Waals surface area contributed by atoms with E-state index in [4.69, 9.17) is 0 Å². The molecular weight excluding hydrogens is 352 g/mol. The molecule has 0 radical (unpaired) electrons. The van der Waals surface area contributed by atoms with Crippen LogP contribution in [0.4, 0.5) is 0 Å². The van der Waals surface area contributed by atoms with Crippen molar-refractivity contribution in [2.24, 2.45) is 0 Å². The number of hydrogen-bond acceptors (Lipinski definition) is 4. The van der Waals surface area contributed by atoms with Crippen molar-refractivity contribution in [3.8, 4) is 0 Å². The summed E-state index contributed by atoms with van der Waals surface area (Å²) >= 11 is 0. The van der Waals surface area contributed by atoms with Crippen LogP contribution in [0, 0.1) is 0 Å². The topological polar surface area (TPSA) is 93.1 Å². The molecule has 1 fully saturated rings. The van der Waals surface area contributed by atoms with E-state index >= 15 is 0 Å². The largest absolute Gasteiger partial charge is 0.349 e. The molecule has 0 bridgehead atoms. The highest BCUT2D eigenvalue weighted by Crippen LogP contribution is 2.19. The van der Waals surface area contributed by atoms with Crippen molar-refractivity contribution in [1.29, 1.82) is 0 Å². The molecule has 26 heavy (non-hydrogen) atoms. The van der Waals surface area contributed by atoms with Gasteiger partial charge in [0.25, 0.3) is 5.91 Å².